The molecule has 0 saturated carbocycles. The van der Waals surface area contributed by atoms with Gasteiger partial charge in [-0.25, -0.2) is 8.78 Å². The first-order chi connectivity index (χ1) is 8.71. The predicted molar refractivity (Wildman–Crippen MR) is 78.3 cm³/mol. The summed E-state index contributed by atoms with van der Waals surface area (Å²) in [6.07, 6.45) is 4.04. The van der Waals surface area contributed by atoms with Crippen molar-refractivity contribution in [2.75, 3.05) is 0 Å². The van der Waals surface area contributed by atoms with Crippen molar-refractivity contribution in [2.24, 2.45) is 5.92 Å². The van der Waals surface area contributed by atoms with Gasteiger partial charge < -0.3 is 0 Å². The fourth-order valence-corrected chi connectivity index (χ4v) is 1.58. The molecule has 0 fully saturated rings. The number of rotatable bonds is 4. The monoisotopic (exact) mass is 264 g/mol. The van der Waals surface area contributed by atoms with Crippen LogP contribution in [0.1, 0.15) is 45.7 Å². The van der Waals surface area contributed by atoms with Gasteiger partial charge in [-0.1, -0.05) is 49.8 Å². The Labute approximate surface area is 114 Å². The third kappa shape index (κ3) is 4.62. The summed E-state index contributed by atoms with van der Waals surface area (Å²) in [5.74, 6) is -2.30. The molecule has 19 heavy (non-hydrogen) atoms. The first-order valence-electron chi connectivity index (χ1n) is 6.55. The minimum Gasteiger partial charge on any atom is -0.202 e. The molecule has 0 heterocycles. The number of hydrogen-bond acceptors (Lipinski definition) is 0. The van der Waals surface area contributed by atoms with Crippen LogP contribution < -0.4 is 0 Å². The Morgan fingerprint density at radius 2 is 1.79 bits per heavy atom. The maximum atomic E-state index is 13.3. The van der Waals surface area contributed by atoms with Crippen molar-refractivity contribution in [1.82, 2.24) is 0 Å². The Morgan fingerprint density at radius 1 is 1.16 bits per heavy atom. The van der Waals surface area contributed by atoms with Crippen LogP contribution in [0, 0.1) is 5.92 Å². The first-order valence-corrected chi connectivity index (χ1v) is 6.55. The lowest BCUT2D eigenvalue weighted by molar-refractivity contribution is 0.0174. The molecule has 1 rings (SSSR count). The van der Waals surface area contributed by atoms with Gasteiger partial charge in [-0.05, 0) is 37.0 Å². The third-order valence-electron chi connectivity index (χ3n) is 3.33. The summed E-state index contributed by atoms with van der Waals surface area (Å²) < 4.78 is 26.6. The quantitative estimate of drug-likeness (QED) is 0.602. The summed E-state index contributed by atoms with van der Waals surface area (Å²) >= 11 is 0. The van der Waals surface area contributed by atoms with E-state index in [2.05, 4.69) is 26.8 Å². The van der Waals surface area contributed by atoms with Crippen LogP contribution in [0.4, 0.5) is 8.78 Å². The summed E-state index contributed by atoms with van der Waals surface area (Å²) in [7, 11) is 0. The molecule has 0 aliphatic rings. The molecular weight excluding hydrogens is 242 g/mol. The fraction of sp³-hybridized carbons (Fsp3) is 0.412. The van der Waals surface area contributed by atoms with E-state index in [9.17, 15) is 8.78 Å². The molecular formula is C17H22F2. The highest BCUT2D eigenvalue weighted by atomic mass is 19.3. The summed E-state index contributed by atoms with van der Waals surface area (Å²) in [6, 6.07) is 6.56. The second-order valence-corrected chi connectivity index (χ2v) is 5.38. The molecule has 0 unspecified atom stereocenters. The van der Waals surface area contributed by atoms with Gasteiger partial charge >= 0.3 is 0 Å². The minimum absolute atomic E-state index is 0.0577. The summed E-state index contributed by atoms with van der Waals surface area (Å²) in [5, 5.41) is 0. The third-order valence-corrected chi connectivity index (χ3v) is 3.33. The Balaban J connectivity index is 3.04. The van der Waals surface area contributed by atoms with Crippen molar-refractivity contribution in [2.45, 2.75) is 40.5 Å². The summed E-state index contributed by atoms with van der Waals surface area (Å²) in [6.45, 7) is 9.20. The minimum atomic E-state index is -2.79. The first kappa shape index (κ1) is 15.6. The van der Waals surface area contributed by atoms with Crippen molar-refractivity contribution in [3.8, 4) is 0 Å². The number of allylic oxidation sites excluding steroid dienone is 4. The van der Waals surface area contributed by atoms with Gasteiger partial charge in [0.15, 0.2) is 0 Å². The number of halogens is 2. The van der Waals surface area contributed by atoms with Gasteiger partial charge in [-0.3, -0.25) is 0 Å². The van der Waals surface area contributed by atoms with E-state index in [1.165, 1.54) is 11.6 Å². The van der Waals surface area contributed by atoms with Gasteiger partial charge in [0, 0.05) is 12.5 Å². The standard InChI is InChI=1S/C17H22F2/c1-12(2)13(3)9-10-14(4)15-7-6-8-16(11-15)17(5,18)19/h6-12H,1-5H3/b13-9+,14-10+. The van der Waals surface area contributed by atoms with Gasteiger partial charge in [0.2, 0.25) is 0 Å². The van der Waals surface area contributed by atoms with E-state index in [0.29, 0.717) is 5.92 Å². The fourth-order valence-electron chi connectivity index (χ4n) is 1.58. The molecule has 0 aliphatic heterocycles. The number of hydrogen-bond donors (Lipinski definition) is 0. The SMILES string of the molecule is C/C(=C\C=C(/C)C(C)C)c1cccc(C(C)(F)F)c1. The smallest absolute Gasteiger partial charge is 0.202 e. The Kier molecular flexibility index (Phi) is 5.04. The van der Waals surface area contributed by atoms with Crippen LogP contribution in [-0.4, -0.2) is 0 Å². The molecule has 0 bridgehead atoms. The van der Waals surface area contributed by atoms with Gasteiger partial charge in [0.05, 0.1) is 0 Å². The molecule has 0 nitrogen and oxygen atoms in total. The lowest BCUT2D eigenvalue weighted by Crippen LogP contribution is -2.06. The average molecular weight is 264 g/mol. The van der Waals surface area contributed by atoms with Crippen LogP contribution in [0.25, 0.3) is 5.57 Å². The van der Waals surface area contributed by atoms with Crippen LogP contribution in [0.2, 0.25) is 0 Å². The van der Waals surface area contributed by atoms with Gasteiger partial charge in [0.25, 0.3) is 5.92 Å². The molecule has 0 N–H and O–H groups in total. The molecule has 0 atom stereocenters. The molecule has 1 aromatic rings. The number of alkyl halides is 2. The van der Waals surface area contributed by atoms with Gasteiger partial charge in [-0.2, -0.15) is 0 Å². The lowest BCUT2D eigenvalue weighted by atomic mass is 10.00. The largest absolute Gasteiger partial charge is 0.270 e. The Hall–Kier alpha value is -1.44. The highest BCUT2D eigenvalue weighted by Gasteiger charge is 2.24. The predicted octanol–water partition coefficient (Wildman–Crippen LogP) is 5.80. The van der Waals surface area contributed by atoms with E-state index < -0.39 is 5.92 Å². The van der Waals surface area contributed by atoms with Gasteiger partial charge in [0.1, 0.15) is 0 Å². The molecule has 0 radical (unpaired) electrons. The molecule has 1 aromatic carbocycles. The van der Waals surface area contributed by atoms with Crippen molar-refractivity contribution in [1.29, 1.82) is 0 Å². The normalized spacial score (nSPS) is 14.1. The zero-order valence-electron chi connectivity index (χ0n) is 12.3. The van der Waals surface area contributed by atoms with Crippen LogP contribution in [0.3, 0.4) is 0 Å². The van der Waals surface area contributed by atoms with Crippen LogP contribution in [-0.2, 0) is 5.92 Å². The van der Waals surface area contributed by atoms with E-state index >= 15 is 0 Å². The zero-order chi connectivity index (χ0) is 14.6. The van der Waals surface area contributed by atoms with E-state index in [4.69, 9.17) is 0 Å². The molecule has 0 aliphatic carbocycles. The summed E-state index contributed by atoms with van der Waals surface area (Å²) in [4.78, 5) is 0. The van der Waals surface area contributed by atoms with Crippen molar-refractivity contribution < 1.29 is 8.78 Å². The molecule has 104 valence electrons. The van der Waals surface area contributed by atoms with E-state index in [0.717, 1.165) is 18.1 Å². The zero-order valence-corrected chi connectivity index (χ0v) is 12.3. The van der Waals surface area contributed by atoms with E-state index in [-0.39, 0.29) is 5.56 Å². The van der Waals surface area contributed by atoms with Crippen LogP contribution in [0.15, 0.2) is 42.0 Å². The van der Waals surface area contributed by atoms with Crippen LogP contribution >= 0.6 is 0 Å². The van der Waals surface area contributed by atoms with Crippen LogP contribution in [0.5, 0.6) is 0 Å². The van der Waals surface area contributed by atoms with E-state index in [1.54, 1.807) is 12.1 Å². The highest BCUT2D eigenvalue weighted by molar-refractivity contribution is 5.66. The Bertz CT molecular complexity index is 488. The van der Waals surface area contributed by atoms with Crippen molar-refractivity contribution in [3.63, 3.8) is 0 Å². The maximum absolute atomic E-state index is 13.3. The topological polar surface area (TPSA) is 0 Å². The molecule has 0 spiro atoms. The molecule has 0 aromatic heterocycles. The lowest BCUT2D eigenvalue weighted by Gasteiger charge is -2.12. The molecule has 2 heteroatoms. The van der Waals surface area contributed by atoms with Crippen molar-refractivity contribution >= 4 is 5.57 Å². The Morgan fingerprint density at radius 3 is 2.32 bits per heavy atom. The maximum Gasteiger partial charge on any atom is 0.270 e. The molecule has 0 saturated heterocycles. The average Bonchev–Trinajstić information content (AvgIpc) is 2.34. The van der Waals surface area contributed by atoms with E-state index in [1.807, 2.05) is 19.1 Å². The highest BCUT2D eigenvalue weighted by Crippen LogP contribution is 2.29. The number of benzene rings is 1. The molecule has 0 amide bonds. The van der Waals surface area contributed by atoms with Gasteiger partial charge in [-0.15, -0.1) is 0 Å². The summed E-state index contributed by atoms with van der Waals surface area (Å²) in [5.41, 5.74) is 3.16. The second-order valence-electron chi connectivity index (χ2n) is 5.38. The van der Waals surface area contributed by atoms with Crippen molar-refractivity contribution in [3.05, 3.63) is 53.1 Å². The second kappa shape index (κ2) is 6.14.